The van der Waals surface area contributed by atoms with Crippen LogP contribution < -0.4 is 5.32 Å². The average Bonchev–Trinajstić information content (AvgIpc) is 2.86. The largest absolute Gasteiger partial charge is 0.472 e. The maximum absolute atomic E-state index is 12.6. The number of rotatable bonds is 27. The summed E-state index contributed by atoms with van der Waals surface area (Å²) < 4.78 is 23.2. The van der Waals surface area contributed by atoms with E-state index in [0.29, 0.717) is 17.4 Å². The van der Waals surface area contributed by atoms with Gasteiger partial charge >= 0.3 is 7.82 Å². The first-order chi connectivity index (χ1) is 18.5. The fraction of sp³-hybridized carbons (Fsp3) is 0.900. The molecule has 9 heteroatoms. The predicted molar refractivity (Wildman–Crippen MR) is 162 cm³/mol. The third-order valence-corrected chi connectivity index (χ3v) is 7.74. The molecule has 3 unspecified atom stereocenters. The Bertz CT molecular complexity index is 668. The molecule has 0 aromatic heterocycles. The molecule has 0 aliphatic carbocycles. The smallest absolute Gasteiger partial charge is 0.387 e. The van der Waals surface area contributed by atoms with Crippen LogP contribution in [0.5, 0.6) is 0 Å². The van der Waals surface area contributed by atoms with E-state index < -0.39 is 20.0 Å². The molecule has 0 radical (unpaired) electrons. The van der Waals surface area contributed by atoms with Crippen LogP contribution in [0.3, 0.4) is 0 Å². The first-order valence-electron chi connectivity index (χ1n) is 15.6. The molecule has 3 atom stereocenters. The van der Waals surface area contributed by atoms with Gasteiger partial charge in [-0.05, 0) is 19.3 Å². The molecule has 0 fully saturated rings. The van der Waals surface area contributed by atoms with Gasteiger partial charge in [0.2, 0.25) is 5.91 Å². The second kappa shape index (κ2) is 23.9. The molecule has 39 heavy (non-hydrogen) atoms. The van der Waals surface area contributed by atoms with Gasteiger partial charge < -0.3 is 19.8 Å². The highest BCUT2D eigenvalue weighted by atomic mass is 31.2. The zero-order valence-corrected chi connectivity index (χ0v) is 26.8. The van der Waals surface area contributed by atoms with Crippen molar-refractivity contribution in [1.29, 1.82) is 0 Å². The van der Waals surface area contributed by atoms with Crippen LogP contribution in [0.25, 0.3) is 0 Å². The summed E-state index contributed by atoms with van der Waals surface area (Å²) >= 11 is 0. The van der Waals surface area contributed by atoms with E-state index in [4.69, 9.17) is 9.05 Å². The van der Waals surface area contributed by atoms with Gasteiger partial charge in [0.05, 0.1) is 39.9 Å². The standard InChI is InChI=1S/C30H61N2O6P/c1-6-8-10-12-13-14-15-16-17-18-20-22-24-30(34)31-28(29(33)23-21-19-11-9-7-2)27-38-39(35,36)37-26-25-32(3,4)5/h21,23,28-29,33H,6-20,22,24-27H2,1-5H3,(H-,31,34,35,36)/p+1/b23-21+. The van der Waals surface area contributed by atoms with Crippen molar-refractivity contribution < 1.29 is 32.9 Å². The Morgan fingerprint density at radius 3 is 1.90 bits per heavy atom. The van der Waals surface area contributed by atoms with Crippen molar-refractivity contribution in [3.63, 3.8) is 0 Å². The van der Waals surface area contributed by atoms with Crippen molar-refractivity contribution in [2.75, 3.05) is 40.9 Å². The average molecular weight is 578 g/mol. The van der Waals surface area contributed by atoms with E-state index >= 15 is 0 Å². The van der Waals surface area contributed by atoms with Crippen LogP contribution >= 0.6 is 7.82 Å². The Morgan fingerprint density at radius 1 is 0.846 bits per heavy atom. The molecule has 0 rings (SSSR count). The van der Waals surface area contributed by atoms with Crippen LogP contribution in [0.1, 0.15) is 123 Å². The first kappa shape index (κ1) is 38.2. The molecule has 0 aromatic carbocycles. The van der Waals surface area contributed by atoms with E-state index in [2.05, 4.69) is 19.2 Å². The van der Waals surface area contributed by atoms with Gasteiger partial charge in [-0.25, -0.2) is 4.57 Å². The van der Waals surface area contributed by atoms with E-state index in [1.165, 1.54) is 57.8 Å². The highest BCUT2D eigenvalue weighted by Crippen LogP contribution is 2.43. The number of unbranched alkanes of at least 4 members (excludes halogenated alkanes) is 14. The normalized spacial score (nSPS) is 15.4. The summed E-state index contributed by atoms with van der Waals surface area (Å²) in [6.07, 6.45) is 21.6. The fourth-order valence-corrected chi connectivity index (χ4v) is 4.89. The Kier molecular flexibility index (Phi) is 23.4. The maximum Gasteiger partial charge on any atom is 0.472 e. The van der Waals surface area contributed by atoms with Gasteiger partial charge in [0.25, 0.3) is 0 Å². The third kappa shape index (κ3) is 25.9. The number of phosphoric ester groups is 1. The molecule has 8 nitrogen and oxygen atoms in total. The molecule has 0 spiro atoms. The molecule has 0 aliphatic rings. The van der Waals surface area contributed by atoms with Crippen LogP contribution in [0.4, 0.5) is 0 Å². The lowest BCUT2D eigenvalue weighted by molar-refractivity contribution is -0.870. The van der Waals surface area contributed by atoms with Crippen LogP contribution in [0.2, 0.25) is 0 Å². The zero-order valence-electron chi connectivity index (χ0n) is 25.9. The minimum absolute atomic E-state index is 0.0626. The number of amides is 1. The van der Waals surface area contributed by atoms with E-state index in [-0.39, 0.29) is 19.1 Å². The second-order valence-electron chi connectivity index (χ2n) is 11.8. The summed E-state index contributed by atoms with van der Waals surface area (Å²) in [4.78, 5) is 22.7. The molecular weight excluding hydrogens is 515 g/mol. The number of carbonyl (C=O) groups excluding carboxylic acids is 1. The summed E-state index contributed by atoms with van der Waals surface area (Å²) in [6.45, 7) is 4.66. The number of quaternary nitrogens is 1. The number of allylic oxidation sites excluding steroid dienone is 1. The predicted octanol–water partition coefficient (Wildman–Crippen LogP) is 6.90. The maximum atomic E-state index is 12.6. The van der Waals surface area contributed by atoms with Crippen molar-refractivity contribution in [1.82, 2.24) is 5.32 Å². The van der Waals surface area contributed by atoms with Gasteiger partial charge in [0, 0.05) is 6.42 Å². The number of nitrogens with zero attached hydrogens (tertiary/aromatic N) is 1. The number of likely N-dealkylation sites (N-methyl/N-ethyl adjacent to an activating group) is 1. The van der Waals surface area contributed by atoms with Crippen LogP contribution in [-0.2, 0) is 18.4 Å². The molecule has 0 aliphatic heterocycles. The molecule has 3 N–H and O–H groups in total. The minimum atomic E-state index is -4.30. The molecule has 232 valence electrons. The lowest BCUT2D eigenvalue weighted by atomic mass is 10.0. The molecular formula is C30H62N2O6P+. The summed E-state index contributed by atoms with van der Waals surface area (Å²) in [5, 5.41) is 13.5. The molecule has 0 aromatic rings. The van der Waals surface area contributed by atoms with E-state index in [9.17, 15) is 19.4 Å². The monoisotopic (exact) mass is 577 g/mol. The van der Waals surface area contributed by atoms with Crippen molar-refractivity contribution in [2.45, 2.75) is 135 Å². The number of aliphatic hydroxyl groups is 1. The molecule has 0 saturated heterocycles. The van der Waals surface area contributed by atoms with Crippen LogP contribution in [0, 0.1) is 0 Å². The Labute approximate surface area is 240 Å². The SMILES string of the molecule is CCCCC/C=C/C(O)C(COP(=O)(O)OCC[N+](C)(C)C)NC(=O)CCCCCCCCCCCCCC. The molecule has 0 bridgehead atoms. The lowest BCUT2D eigenvalue weighted by Crippen LogP contribution is -2.45. The van der Waals surface area contributed by atoms with Gasteiger partial charge in [0.1, 0.15) is 13.2 Å². The lowest BCUT2D eigenvalue weighted by Gasteiger charge is -2.25. The zero-order chi connectivity index (χ0) is 29.4. The van der Waals surface area contributed by atoms with Crippen molar-refractivity contribution in [3.05, 3.63) is 12.2 Å². The fourth-order valence-electron chi connectivity index (χ4n) is 4.15. The van der Waals surface area contributed by atoms with Gasteiger partial charge in [-0.1, -0.05) is 109 Å². The van der Waals surface area contributed by atoms with E-state index in [1.54, 1.807) is 6.08 Å². The first-order valence-corrected chi connectivity index (χ1v) is 17.1. The number of phosphoric acid groups is 1. The minimum Gasteiger partial charge on any atom is -0.387 e. The Morgan fingerprint density at radius 2 is 1.36 bits per heavy atom. The summed E-state index contributed by atoms with van der Waals surface area (Å²) in [6, 6.07) is -0.834. The van der Waals surface area contributed by atoms with Gasteiger partial charge in [0.15, 0.2) is 0 Å². The molecule has 1 amide bonds. The highest BCUT2D eigenvalue weighted by molar-refractivity contribution is 7.47. The topological polar surface area (TPSA) is 105 Å². The van der Waals surface area contributed by atoms with Crippen LogP contribution in [-0.4, -0.2) is 73.4 Å². The van der Waals surface area contributed by atoms with Gasteiger partial charge in [-0.15, -0.1) is 0 Å². The van der Waals surface area contributed by atoms with E-state index in [1.807, 2.05) is 27.2 Å². The summed E-state index contributed by atoms with van der Waals surface area (Å²) in [5.41, 5.74) is 0. The Balaban J connectivity index is 4.48. The molecule has 0 saturated carbocycles. The molecule has 0 heterocycles. The van der Waals surface area contributed by atoms with Gasteiger partial charge in [-0.2, -0.15) is 0 Å². The number of hydrogen-bond acceptors (Lipinski definition) is 5. The van der Waals surface area contributed by atoms with Crippen molar-refractivity contribution >= 4 is 13.7 Å². The van der Waals surface area contributed by atoms with Crippen LogP contribution in [0.15, 0.2) is 12.2 Å². The van der Waals surface area contributed by atoms with E-state index in [0.717, 1.165) is 44.9 Å². The van der Waals surface area contributed by atoms with Crippen molar-refractivity contribution in [3.8, 4) is 0 Å². The number of aliphatic hydroxyl groups excluding tert-OH is 1. The summed E-state index contributed by atoms with van der Waals surface area (Å²) in [7, 11) is 1.57. The quantitative estimate of drug-likeness (QED) is 0.0425. The van der Waals surface area contributed by atoms with Crippen molar-refractivity contribution in [2.24, 2.45) is 0 Å². The highest BCUT2D eigenvalue weighted by Gasteiger charge is 2.27. The second-order valence-corrected chi connectivity index (χ2v) is 13.3. The Hall–Kier alpha value is -0.760. The third-order valence-electron chi connectivity index (χ3n) is 6.76. The number of hydrogen-bond donors (Lipinski definition) is 3. The number of nitrogens with one attached hydrogen (secondary N) is 1. The summed E-state index contributed by atoms with van der Waals surface area (Å²) in [5.74, 6) is -0.187. The van der Waals surface area contributed by atoms with Gasteiger partial charge in [-0.3, -0.25) is 13.8 Å². The number of carbonyl (C=O) groups is 1.